The van der Waals surface area contributed by atoms with Crippen LogP contribution in [0.1, 0.15) is 25.7 Å². The maximum atomic E-state index is 13.8. The third-order valence-corrected chi connectivity index (χ3v) is 4.77. The fourth-order valence-corrected chi connectivity index (χ4v) is 3.33. The molecule has 1 amide bonds. The second-order valence-electron chi connectivity index (χ2n) is 5.30. The van der Waals surface area contributed by atoms with Crippen LogP contribution in [-0.2, 0) is 14.8 Å². The van der Waals surface area contributed by atoms with Crippen LogP contribution in [0, 0.1) is 5.82 Å². The van der Waals surface area contributed by atoms with E-state index in [9.17, 15) is 17.6 Å². The molecule has 0 saturated heterocycles. The first-order chi connectivity index (χ1) is 10.4. The van der Waals surface area contributed by atoms with Gasteiger partial charge < -0.3 is 10.6 Å². The molecule has 9 heteroatoms. The predicted octanol–water partition coefficient (Wildman–Crippen LogP) is 1.63. The summed E-state index contributed by atoms with van der Waals surface area (Å²) in [6, 6.07) is 3.44. The maximum Gasteiger partial charge on any atom is 0.243 e. The SMILES string of the molecule is CNCCCC(=O)Nc1ccc(F)c(S(=O)(=O)NC2CC2)c1.Cl. The van der Waals surface area contributed by atoms with E-state index in [0.717, 1.165) is 25.0 Å². The highest BCUT2D eigenvalue weighted by Gasteiger charge is 2.29. The van der Waals surface area contributed by atoms with Crippen LogP contribution >= 0.6 is 12.4 Å². The molecule has 1 fully saturated rings. The lowest BCUT2D eigenvalue weighted by Gasteiger charge is -2.10. The monoisotopic (exact) mass is 365 g/mol. The molecule has 6 nitrogen and oxygen atoms in total. The molecule has 1 aromatic rings. The Hall–Kier alpha value is -1.22. The first-order valence-electron chi connectivity index (χ1n) is 7.19. The summed E-state index contributed by atoms with van der Waals surface area (Å²) in [5.74, 6) is -1.07. The molecule has 0 aliphatic heterocycles. The zero-order valence-electron chi connectivity index (χ0n) is 12.8. The number of benzene rings is 1. The number of halogens is 2. The van der Waals surface area contributed by atoms with Crippen LogP contribution in [0.3, 0.4) is 0 Å². The average Bonchev–Trinajstić information content (AvgIpc) is 3.24. The van der Waals surface area contributed by atoms with Crippen LogP contribution in [-0.4, -0.2) is 34.0 Å². The van der Waals surface area contributed by atoms with Crippen molar-refractivity contribution < 1.29 is 17.6 Å². The first kappa shape index (κ1) is 19.8. The molecule has 1 aliphatic rings. The quantitative estimate of drug-likeness (QED) is 0.611. The van der Waals surface area contributed by atoms with E-state index in [1.165, 1.54) is 6.07 Å². The molecule has 3 N–H and O–H groups in total. The molecule has 1 aromatic carbocycles. The lowest BCUT2D eigenvalue weighted by atomic mass is 10.2. The molecule has 0 bridgehead atoms. The van der Waals surface area contributed by atoms with Crippen LogP contribution in [0.15, 0.2) is 23.1 Å². The minimum Gasteiger partial charge on any atom is -0.326 e. The predicted molar refractivity (Wildman–Crippen MR) is 88.8 cm³/mol. The summed E-state index contributed by atoms with van der Waals surface area (Å²) in [5, 5.41) is 5.51. The molecule has 1 saturated carbocycles. The van der Waals surface area contributed by atoms with Gasteiger partial charge in [0.25, 0.3) is 0 Å². The van der Waals surface area contributed by atoms with E-state index in [2.05, 4.69) is 15.4 Å². The molecular weight excluding hydrogens is 345 g/mol. The average molecular weight is 366 g/mol. The van der Waals surface area contributed by atoms with Crippen molar-refractivity contribution in [2.45, 2.75) is 36.6 Å². The van der Waals surface area contributed by atoms with Gasteiger partial charge in [-0.2, -0.15) is 0 Å². The topological polar surface area (TPSA) is 87.3 Å². The van der Waals surface area contributed by atoms with Gasteiger partial charge in [0.2, 0.25) is 15.9 Å². The second kappa shape index (κ2) is 8.58. The van der Waals surface area contributed by atoms with E-state index in [0.29, 0.717) is 19.4 Å². The van der Waals surface area contributed by atoms with Gasteiger partial charge in [-0.15, -0.1) is 12.4 Å². The molecule has 130 valence electrons. The number of rotatable bonds is 8. The summed E-state index contributed by atoms with van der Waals surface area (Å²) in [6.45, 7) is 0.710. The summed E-state index contributed by atoms with van der Waals surface area (Å²) in [7, 11) is -2.10. The number of carbonyl (C=O) groups is 1. The number of carbonyl (C=O) groups excluding carboxylic acids is 1. The highest BCUT2D eigenvalue weighted by molar-refractivity contribution is 7.89. The smallest absolute Gasteiger partial charge is 0.243 e. The third-order valence-electron chi connectivity index (χ3n) is 3.23. The Morgan fingerprint density at radius 1 is 1.35 bits per heavy atom. The second-order valence-corrected chi connectivity index (χ2v) is 6.98. The number of nitrogens with one attached hydrogen (secondary N) is 3. The van der Waals surface area contributed by atoms with Gasteiger partial charge in [-0.1, -0.05) is 0 Å². The van der Waals surface area contributed by atoms with Crippen molar-refractivity contribution in [2.24, 2.45) is 0 Å². The molecule has 0 unspecified atom stereocenters. The Morgan fingerprint density at radius 2 is 2.04 bits per heavy atom. The molecule has 0 spiro atoms. The minimum atomic E-state index is -3.89. The fourth-order valence-electron chi connectivity index (χ4n) is 1.92. The van der Waals surface area contributed by atoms with Gasteiger partial charge in [-0.3, -0.25) is 4.79 Å². The van der Waals surface area contributed by atoms with E-state index >= 15 is 0 Å². The van der Waals surface area contributed by atoms with E-state index in [1.807, 2.05) is 0 Å². The van der Waals surface area contributed by atoms with Gasteiger partial charge in [0, 0.05) is 18.2 Å². The Kier molecular flexibility index (Phi) is 7.40. The number of sulfonamides is 1. The van der Waals surface area contributed by atoms with Gasteiger partial charge in [0.05, 0.1) is 0 Å². The lowest BCUT2D eigenvalue weighted by molar-refractivity contribution is -0.116. The normalized spacial score (nSPS) is 14.2. The van der Waals surface area contributed by atoms with Crippen LogP contribution in [0.4, 0.5) is 10.1 Å². The molecular formula is C14H21ClFN3O3S. The highest BCUT2D eigenvalue weighted by atomic mass is 35.5. The molecule has 1 aliphatic carbocycles. The number of anilines is 1. The van der Waals surface area contributed by atoms with Crippen molar-refractivity contribution in [1.29, 1.82) is 0 Å². The van der Waals surface area contributed by atoms with Crippen molar-refractivity contribution in [1.82, 2.24) is 10.0 Å². The van der Waals surface area contributed by atoms with Crippen molar-refractivity contribution in [2.75, 3.05) is 18.9 Å². The maximum absolute atomic E-state index is 13.8. The molecule has 0 heterocycles. The summed E-state index contributed by atoms with van der Waals surface area (Å²) < 4.78 is 40.4. The van der Waals surface area contributed by atoms with Gasteiger partial charge in [0.1, 0.15) is 10.7 Å². The van der Waals surface area contributed by atoms with Gasteiger partial charge >= 0.3 is 0 Å². The fraction of sp³-hybridized carbons (Fsp3) is 0.500. The number of hydrogen-bond donors (Lipinski definition) is 3. The Morgan fingerprint density at radius 3 is 2.65 bits per heavy atom. The van der Waals surface area contributed by atoms with Gasteiger partial charge in [0.15, 0.2) is 0 Å². The molecule has 0 aromatic heterocycles. The number of amides is 1. The Bertz CT molecular complexity index is 651. The third kappa shape index (κ3) is 6.06. The van der Waals surface area contributed by atoms with E-state index < -0.39 is 20.7 Å². The van der Waals surface area contributed by atoms with E-state index in [4.69, 9.17) is 0 Å². The van der Waals surface area contributed by atoms with Crippen LogP contribution < -0.4 is 15.4 Å². The standard InChI is InChI=1S/C14H20FN3O3S.ClH/c1-16-8-2-3-14(19)17-11-6-7-12(15)13(9-11)22(20,21)18-10-4-5-10;/h6-7,9-10,16,18H,2-5,8H2,1H3,(H,17,19);1H. The number of hydrogen-bond acceptors (Lipinski definition) is 4. The zero-order chi connectivity index (χ0) is 16.2. The van der Waals surface area contributed by atoms with Gasteiger partial charge in [-0.25, -0.2) is 17.5 Å². The highest BCUT2D eigenvalue weighted by Crippen LogP contribution is 2.25. The Balaban J connectivity index is 0.00000264. The van der Waals surface area contributed by atoms with Crippen LogP contribution in [0.2, 0.25) is 0 Å². The van der Waals surface area contributed by atoms with Crippen LogP contribution in [0.25, 0.3) is 0 Å². The van der Waals surface area contributed by atoms with Crippen molar-refractivity contribution in [3.05, 3.63) is 24.0 Å². The van der Waals surface area contributed by atoms with Crippen molar-refractivity contribution >= 4 is 34.0 Å². The molecule has 23 heavy (non-hydrogen) atoms. The van der Waals surface area contributed by atoms with Crippen molar-refractivity contribution in [3.63, 3.8) is 0 Å². The molecule has 0 radical (unpaired) electrons. The zero-order valence-corrected chi connectivity index (χ0v) is 14.4. The van der Waals surface area contributed by atoms with Crippen molar-refractivity contribution in [3.8, 4) is 0 Å². The summed E-state index contributed by atoms with van der Waals surface area (Å²) in [4.78, 5) is 11.3. The largest absolute Gasteiger partial charge is 0.326 e. The summed E-state index contributed by atoms with van der Waals surface area (Å²) >= 11 is 0. The molecule has 2 rings (SSSR count). The summed E-state index contributed by atoms with van der Waals surface area (Å²) in [5.41, 5.74) is 0.270. The van der Waals surface area contributed by atoms with E-state index in [-0.39, 0.29) is 30.0 Å². The van der Waals surface area contributed by atoms with E-state index in [1.54, 1.807) is 7.05 Å². The summed E-state index contributed by atoms with van der Waals surface area (Å²) in [6.07, 6.45) is 2.50. The Labute approximate surface area is 141 Å². The first-order valence-corrected chi connectivity index (χ1v) is 8.67. The molecule has 0 atom stereocenters. The lowest BCUT2D eigenvalue weighted by Crippen LogP contribution is -2.26. The van der Waals surface area contributed by atoms with Crippen LogP contribution in [0.5, 0.6) is 0 Å². The van der Waals surface area contributed by atoms with Gasteiger partial charge in [-0.05, 0) is 51.1 Å². The minimum absolute atomic E-state index is 0.